The fraction of sp³-hybridized carbons (Fsp3) is 0.278. The first-order chi connectivity index (χ1) is 22.2. The van der Waals surface area contributed by atoms with Gasteiger partial charge in [-0.1, -0.05) is 108 Å². The third kappa shape index (κ3) is 8.41. The lowest BCUT2D eigenvalue weighted by atomic mass is 9.94. The topological polar surface area (TPSA) is 86.8 Å². The van der Waals surface area contributed by atoms with Crippen LogP contribution in [0.25, 0.3) is 0 Å². The van der Waals surface area contributed by atoms with Crippen LogP contribution >= 0.6 is 15.9 Å². The maximum atomic E-state index is 15.3. The Bertz CT molecular complexity index is 1720. The minimum Gasteiger partial charge on any atom is -0.352 e. The maximum absolute atomic E-state index is 15.3. The number of carbonyl (C=O) groups is 2. The number of rotatable bonds is 12. The van der Waals surface area contributed by atoms with Crippen molar-refractivity contribution in [2.75, 3.05) is 10.8 Å². The SMILES string of the molecule is O=C(NC1CCCCC1)C(Cc1ccccc1)N(Cc1ccc(Br)cc1)C(=O)CN(c1ccccc1F)S(=O)(=O)c1ccccc1. The summed E-state index contributed by atoms with van der Waals surface area (Å²) in [5.74, 6) is -1.72. The lowest BCUT2D eigenvalue weighted by Crippen LogP contribution is -2.55. The molecule has 0 aliphatic heterocycles. The van der Waals surface area contributed by atoms with E-state index in [1.807, 2.05) is 54.6 Å². The predicted octanol–water partition coefficient (Wildman–Crippen LogP) is 6.87. The fourth-order valence-electron chi connectivity index (χ4n) is 5.77. The van der Waals surface area contributed by atoms with E-state index in [1.54, 1.807) is 18.2 Å². The molecule has 1 unspecified atom stereocenters. The highest BCUT2D eigenvalue weighted by atomic mass is 79.9. The molecule has 1 N–H and O–H groups in total. The van der Waals surface area contributed by atoms with Crippen molar-refractivity contribution in [3.8, 4) is 0 Å². The summed E-state index contributed by atoms with van der Waals surface area (Å²) in [7, 11) is -4.37. The molecule has 0 heterocycles. The standard InChI is InChI=1S/C36H37BrFN3O4S/c37-29-22-20-28(21-23-29)25-40(34(24-27-12-4-1-5-13-27)36(43)39-30-14-6-2-7-15-30)35(42)26-41(33-19-11-10-18-32(33)38)46(44,45)31-16-8-3-9-17-31/h1,3-5,8-13,16-23,30,34H,2,6-7,14-15,24-26H2,(H,39,43). The van der Waals surface area contributed by atoms with Crippen molar-refractivity contribution in [1.82, 2.24) is 10.2 Å². The van der Waals surface area contributed by atoms with Crippen LogP contribution < -0.4 is 9.62 Å². The number of nitrogens with zero attached hydrogens (tertiary/aromatic N) is 2. The Hall–Kier alpha value is -4.02. The molecule has 1 atom stereocenters. The summed E-state index contributed by atoms with van der Waals surface area (Å²) < 4.78 is 44.9. The van der Waals surface area contributed by atoms with Gasteiger partial charge in [0, 0.05) is 23.5 Å². The molecule has 0 bridgehead atoms. The number of hydrogen-bond donors (Lipinski definition) is 1. The number of hydrogen-bond acceptors (Lipinski definition) is 4. The Balaban J connectivity index is 1.56. The molecule has 7 nitrogen and oxygen atoms in total. The van der Waals surface area contributed by atoms with Gasteiger partial charge in [0.15, 0.2) is 0 Å². The summed E-state index contributed by atoms with van der Waals surface area (Å²) >= 11 is 3.45. The van der Waals surface area contributed by atoms with E-state index in [2.05, 4.69) is 21.2 Å². The van der Waals surface area contributed by atoms with E-state index in [1.165, 1.54) is 35.2 Å². The van der Waals surface area contributed by atoms with Crippen LogP contribution in [0.1, 0.15) is 43.2 Å². The molecule has 1 aliphatic carbocycles. The second-order valence-electron chi connectivity index (χ2n) is 11.5. The van der Waals surface area contributed by atoms with Crippen molar-refractivity contribution in [3.63, 3.8) is 0 Å². The molecule has 240 valence electrons. The normalized spacial score (nSPS) is 14.3. The summed E-state index contributed by atoms with van der Waals surface area (Å²) in [6, 6.07) is 28.9. The van der Waals surface area contributed by atoms with Crippen LogP contribution in [0.2, 0.25) is 0 Å². The molecule has 1 aliphatic rings. The number of para-hydroxylation sites is 1. The number of nitrogens with one attached hydrogen (secondary N) is 1. The molecular weight excluding hydrogens is 669 g/mol. The largest absolute Gasteiger partial charge is 0.352 e. The number of amides is 2. The lowest BCUT2D eigenvalue weighted by Gasteiger charge is -2.35. The van der Waals surface area contributed by atoms with Crippen LogP contribution in [0.15, 0.2) is 119 Å². The predicted molar refractivity (Wildman–Crippen MR) is 181 cm³/mol. The monoisotopic (exact) mass is 705 g/mol. The zero-order chi connectivity index (χ0) is 32.5. The Labute approximate surface area is 278 Å². The van der Waals surface area contributed by atoms with E-state index in [9.17, 15) is 18.0 Å². The Morgan fingerprint density at radius 1 is 0.804 bits per heavy atom. The molecule has 1 fully saturated rings. The molecule has 0 radical (unpaired) electrons. The highest BCUT2D eigenvalue weighted by molar-refractivity contribution is 9.10. The van der Waals surface area contributed by atoms with Crippen LogP contribution in [-0.4, -0.2) is 43.8 Å². The summed E-state index contributed by atoms with van der Waals surface area (Å²) in [5.41, 5.74) is 1.35. The highest BCUT2D eigenvalue weighted by Gasteiger charge is 2.36. The molecular formula is C36H37BrFN3O4S. The van der Waals surface area contributed by atoms with E-state index >= 15 is 4.39 Å². The van der Waals surface area contributed by atoms with Gasteiger partial charge in [0.25, 0.3) is 10.0 Å². The van der Waals surface area contributed by atoms with Gasteiger partial charge in [0.1, 0.15) is 18.4 Å². The Kier molecular flexibility index (Phi) is 11.2. The molecule has 0 aromatic heterocycles. The van der Waals surface area contributed by atoms with E-state index in [4.69, 9.17) is 0 Å². The fourth-order valence-corrected chi connectivity index (χ4v) is 7.48. The number of halogens is 2. The van der Waals surface area contributed by atoms with Gasteiger partial charge in [-0.3, -0.25) is 13.9 Å². The summed E-state index contributed by atoms with van der Waals surface area (Å²) in [4.78, 5) is 30.0. The van der Waals surface area contributed by atoms with Crippen LogP contribution in [0.3, 0.4) is 0 Å². The van der Waals surface area contributed by atoms with Gasteiger partial charge in [-0.15, -0.1) is 0 Å². The molecule has 46 heavy (non-hydrogen) atoms. The van der Waals surface area contributed by atoms with Gasteiger partial charge in [-0.2, -0.15) is 0 Å². The molecule has 0 spiro atoms. The average Bonchev–Trinajstić information content (AvgIpc) is 3.07. The Morgan fingerprint density at radius 3 is 2.07 bits per heavy atom. The second kappa shape index (κ2) is 15.5. The number of sulfonamides is 1. The molecule has 5 rings (SSSR count). The Morgan fingerprint density at radius 2 is 1.41 bits per heavy atom. The number of anilines is 1. The average molecular weight is 707 g/mol. The minimum atomic E-state index is -4.37. The van der Waals surface area contributed by atoms with E-state index in [0.29, 0.717) is 0 Å². The van der Waals surface area contributed by atoms with E-state index < -0.39 is 34.3 Å². The van der Waals surface area contributed by atoms with Gasteiger partial charge in [0.2, 0.25) is 11.8 Å². The minimum absolute atomic E-state index is 0.00229. The lowest BCUT2D eigenvalue weighted by molar-refractivity contribution is -0.140. The third-order valence-corrected chi connectivity index (χ3v) is 10.5. The first-order valence-corrected chi connectivity index (χ1v) is 17.7. The second-order valence-corrected chi connectivity index (χ2v) is 14.3. The molecule has 2 amide bonds. The molecule has 1 saturated carbocycles. The highest BCUT2D eigenvalue weighted by Crippen LogP contribution is 2.27. The molecule has 0 saturated heterocycles. The van der Waals surface area contributed by atoms with Gasteiger partial charge in [-0.05, 0) is 60.4 Å². The van der Waals surface area contributed by atoms with Crippen LogP contribution in [0.4, 0.5) is 10.1 Å². The molecule has 4 aromatic carbocycles. The van der Waals surface area contributed by atoms with Crippen LogP contribution in [0, 0.1) is 5.82 Å². The third-order valence-electron chi connectivity index (χ3n) is 8.22. The van der Waals surface area contributed by atoms with Crippen LogP contribution in [-0.2, 0) is 32.6 Å². The quantitative estimate of drug-likeness (QED) is 0.174. The van der Waals surface area contributed by atoms with E-state index in [0.717, 1.165) is 58.1 Å². The van der Waals surface area contributed by atoms with Crippen molar-refractivity contribution in [2.24, 2.45) is 0 Å². The van der Waals surface area contributed by atoms with E-state index in [-0.39, 0.29) is 35.5 Å². The maximum Gasteiger partial charge on any atom is 0.264 e. The summed E-state index contributed by atoms with van der Waals surface area (Å²) in [6.45, 7) is -0.672. The number of carbonyl (C=O) groups excluding carboxylic acids is 2. The smallest absolute Gasteiger partial charge is 0.264 e. The number of benzene rings is 4. The first-order valence-electron chi connectivity index (χ1n) is 15.4. The van der Waals surface area contributed by atoms with Crippen molar-refractivity contribution in [3.05, 3.63) is 131 Å². The van der Waals surface area contributed by atoms with Crippen molar-refractivity contribution in [2.45, 2.75) is 62.0 Å². The van der Waals surface area contributed by atoms with Crippen molar-refractivity contribution < 1.29 is 22.4 Å². The van der Waals surface area contributed by atoms with Gasteiger partial charge in [0.05, 0.1) is 10.6 Å². The van der Waals surface area contributed by atoms with Gasteiger partial charge < -0.3 is 10.2 Å². The molecule has 4 aromatic rings. The van der Waals surface area contributed by atoms with Gasteiger partial charge in [-0.25, -0.2) is 12.8 Å². The zero-order valence-electron chi connectivity index (χ0n) is 25.4. The molecule has 10 heteroatoms. The summed E-state index contributed by atoms with van der Waals surface area (Å²) in [6.07, 6.45) is 5.10. The zero-order valence-corrected chi connectivity index (χ0v) is 27.8. The van der Waals surface area contributed by atoms with Gasteiger partial charge >= 0.3 is 0 Å². The summed E-state index contributed by atoms with van der Waals surface area (Å²) in [5, 5.41) is 3.19. The van der Waals surface area contributed by atoms with Crippen LogP contribution in [0.5, 0.6) is 0 Å². The van der Waals surface area contributed by atoms with Crippen molar-refractivity contribution >= 4 is 43.5 Å². The first kappa shape index (κ1) is 33.3. The van der Waals surface area contributed by atoms with Crippen molar-refractivity contribution in [1.29, 1.82) is 0 Å².